The van der Waals surface area contributed by atoms with E-state index < -0.39 is 6.10 Å². The SMILES string of the molecule is C[C@@H](NCC(O)COCC1CC1)c1ccco1. The molecule has 0 radical (unpaired) electrons. The summed E-state index contributed by atoms with van der Waals surface area (Å²) in [6.45, 7) is 3.74. The Morgan fingerprint density at radius 3 is 3.06 bits per heavy atom. The van der Waals surface area contributed by atoms with E-state index in [0.717, 1.165) is 18.3 Å². The van der Waals surface area contributed by atoms with Gasteiger partial charge in [-0.25, -0.2) is 0 Å². The van der Waals surface area contributed by atoms with Gasteiger partial charge in [0.15, 0.2) is 0 Å². The third kappa shape index (κ3) is 4.50. The van der Waals surface area contributed by atoms with Crippen LogP contribution in [0.3, 0.4) is 0 Å². The lowest BCUT2D eigenvalue weighted by atomic mass is 10.2. The zero-order valence-electron chi connectivity index (χ0n) is 10.3. The van der Waals surface area contributed by atoms with Crippen molar-refractivity contribution in [2.75, 3.05) is 19.8 Å². The molecule has 4 heteroatoms. The van der Waals surface area contributed by atoms with E-state index in [9.17, 15) is 5.11 Å². The molecule has 0 spiro atoms. The fourth-order valence-corrected chi connectivity index (χ4v) is 1.67. The summed E-state index contributed by atoms with van der Waals surface area (Å²) in [6, 6.07) is 3.90. The van der Waals surface area contributed by atoms with Gasteiger partial charge in [0.05, 0.1) is 25.0 Å². The summed E-state index contributed by atoms with van der Waals surface area (Å²) in [5, 5.41) is 12.9. The molecule has 0 saturated heterocycles. The highest BCUT2D eigenvalue weighted by atomic mass is 16.5. The fraction of sp³-hybridized carbons (Fsp3) is 0.692. The predicted molar refractivity (Wildman–Crippen MR) is 64.7 cm³/mol. The van der Waals surface area contributed by atoms with Gasteiger partial charge in [-0.2, -0.15) is 0 Å². The molecule has 0 amide bonds. The van der Waals surface area contributed by atoms with E-state index in [1.165, 1.54) is 12.8 Å². The van der Waals surface area contributed by atoms with E-state index in [-0.39, 0.29) is 6.04 Å². The van der Waals surface area contributed by atoms with Crippen molar-refractivity contribution < 1.29 is 14.3 Å². The molecule has 2 rings (SSSR count). The summed E-state index contributed by atoms with van der Waals surface area (Å²) in [7, 11) is 0. The normalized spacial score (nSPS) is 19.2. The summed E-state index contributed by atoms with van der Waals surface area (Å²) in [5.74, 6) is 1.63. The number of aliphatic hydroxyl groups is 1. The molecule has 4 nitrogen and oxygen atoms in total. The molecule has 1 aromatic rings. The Labute approximate surface area is 102 Å². The molecule has 17 heavy (non-hydrogen) atoms. The highest BCUT2D eigenvalue weighted by Gasteiger charge is 2.21. The number of aliphatic hydroxyl groups excluding tert-OH is 1. The van der Waals surface area contributed by atoms with Gasteiger partial charge in [0.2, 0.25) is 0 Å². The summed E-state index contributed by atoms with van der Waals surface area (Å²) in [4.78, 5) is 0. The second kappa shape index (κ2) is 6.19. The second-order valence-corrected chi connectivity index (χ2v) is 4.78. The van der Waals surface area contributed by atoms with Gasteiger partial charge in [0.1, 0.15) is 5.76 Å². The van der Waals surface area contributed by atoms with Crippen molar-refractivity contribution in [2.45, 2.75) is 31.9 Å². The first-order chi connectivity index (χ1) is 8.25. The minimum absolute atomic E-state index is 0.114. The quantitative estimate of drug-likeness (QED) is 0.725. The summed E-state index contributed by atoms with van der Waals surface area (Å²) >= 11 is 0. The number of hydrogen-bond acceptors (Lipinski definition) is 4. The van der Waals surface area contributed by atoms with Crippen molar-refractivity contribution >= 4 is 0 Å². The smallest absolute Gasteiger partial charge is 0.120 e. The number of hydrogen-bond donors (Lipinski definition) is 2. The Hall–Kier alpha value is -0.840. The maximum atomic E-state index is 9.71. The Morgan fingerprint density at radius 1 is 1.59 bits per heavy atom. The molecule has 96 valence electrons. The zero-order valence-corrected chi connectivity index (χ0v) is 10.3. The monoisotopic (exact) mass is 239 g/mol. The van der Waals surface area contributed by atoms with Crippen molar-refractivity contribution in [1.82, 2.24) is 5.32 Å². The summed E-state index contributed by atoms with van der Waals surface area (Å²) < 4.78 is 10.7. The lowest BCUT2D eigenvalue weighted by Gasteiger charge is -2.15. The molecule has 1 aliphatic carbocycles. The molecule has 0 aromatic carbocycles. The highest BCUT2D eigenvalue weighted by Crippen LogP contribution is 2.28. The van der Waals surface area contributed by atoms with Crippen LogP contribution in [0.15, 0.2) is 22.8 Å². The molecular weight excluding hydrogens is 218 g/mol. The molecule has 1 fully saturated rings. The molecule has 1 unspecified atom stereocenters. The minimum atomic E-state index is -0.453. The van der Waals surface area contributed by atoms with E-state index in [2.05, 4.69) is 5.32 Å². The lowest BCUT2D eigenvalue weighted by molar-refractivity contribution is 0.0312. The highest BCUT2D eigenvalue weighted by molar-refractivity contribution is 5.02. The molecular formula is C13H21NO3. The van der Waals surface area contributed by atoms with Crippen molar-refractivity contribution in [2.24, 2.45) is 5.92 Å². The Kier molecular flexibility index (Phi) is 4.59. The molecule has 1 saturated carbocycles. The van der Waals surface area contributed by atoms with Gasteiger partial charge in [-0.15, -0.1) is 0 Å². The van der Waals surface area contributed by atoms with Gasteiger partial charge in [0.25, 0.3) is 0 Å². The fourth-order valence-electron chi connectivity index (χ4n) is 1.67. The first-order valence-corrected chi connectivity index (χ1v) is 6.28. The van der Waals surface area contributed by atoms with Crippen LogP contribution >= 0.6 is 0 Å². The predicted octanol–water partition coefficient (Wildman–Crippen LogP) is 1.72. The molecule has 1 heterocycles. The lowest BCUT2D eigenvalue weighted by Crippen LogP contribution is -2.32. The first kappa shape index (κ1) is 12.6. The van der Waals surface area contributed by atoms with E-state index in [1.54, 1.807) is 6.26 Å². The Balaban J connectivity index is 1.56. The molecule has 0 bridgehead atoms. The first-order valence-electron chi connectivity index (χ1n) is 6.28. The van der Waals surface area contributed by atoms with Gasteiger partial charge >= 0.3 is 0 Å². The van der Waals surface area contributed by atoms with Crippen molar-refractivity contribution in [1.29, 1.82) is 0 Å². The van der Waals surface area contributed by atoms with Gasteiger partial charge in [0, 0.05) is 13.2 Å². The summed E-state index contributed by atoms with van der Waals surface area (Å²) in [5.41, 5.74) is 0. The van der Waals surface area contributed by atoms with Crippen LogP contribution in [0.2, 0.25) is 0 Å². The summed E-state index contributed by atoms with van der Waals surface area (Å²) in [6.07, 6.45) is 3.77. The van der Waals surface area contributed by atoms with Crippen LogP contribution in [-0.2, 0) is 4.74 Å². The number of ether oxygens (including phenoxy) is 1. The van der Waals surface area contributed by atoms with Crippen LogP contribution < -0.4 is 5.32 Å². The van der Waals surface area contributed by atoms with Gasteiger partial charge in [-0.3, -0.25) is 0 Å². The second-order valence-electron chi connectivity index (χ2n) is 4.78. The zero-order chi connectivity index (χ0) is 12.1. The maximum Gasteiger partial charge on any atom is 0.120 e. The molecule has 1 aliphatic rings. The van der Waals surface area contributed by atoms with E-state index in [1.807, 2.05) is 19.1 Å². The molecule has 1 aromatic heterocycles. The average molecular weight is 239 g/mol. The van der Waals surface area contributed by atoms with Crippen molar-refractivity contribution in [3.63, 3.8) is 0 Å². The van der Waals surface area contributed by atoms with Crippen molar-refractivity contribution in [3.8, 4) is 0 Å². The van der Waals surface area contributed by atoms with Crippen LogP contribution in [0.25, 0.3) is 0 Å². The molecule has 0 aliphatic heterocycles. The molecule has 2 atom stereocenters. The van der Waals surface area contributed by atoms with Gasteiger partial charge in [-0.05, 0) is 37.8 Å². The van der Waals surface area contributed by atoms with Gasteiger partial charge in [-0.1, -0.05) is 0 Å². The third-order valence-electron chi connectivity index (χ3n) is 2.99. The van der Waals surface area contributed by atoms with Crippen LogP contribution in [0, 0.1) is 5.92 Å². The van der Waals surface area contributed by atoms with Crippen LogP contribution in [-0.4, -0.2) is 31.0 Å². The third-order valence-corrected chi connectivity index (χ3v) is 2.99. The van der Waals surface area contributed by atoms with E-state index >= 15 is 0 Å². The number of nitrogens with one attached hydrogen (secondary N) is 1. The van der Waals surface area contributed by atoms with Crippen LogP contribution in [0.1, 0.15) is 31.6 Å². The number of rotatable bonds is 8. The maximum absolute atomic E-state index is 9.71. The van der Waals surface area contributed by atoms with E-state index in [0.29, 0.717) is 13.2 Å². The number of furan rings is 1. The largest absolute Gasteiger partial charge is 0.468 e. The van der Waals surface area contributed by atoms with Crippen LogP contribution in [0.4, 0.5) is 0 Å². The van der Waals surface area contributed by atoms with Crippen LogP contribution in [0.5, 0.6) is 0 Å². The minimum Gasteiger partial charge on any atom is -0.468 e. The van der Waals surface area contributed by atoms with E-state index in [4.69, 9.17) is 9.15 Å². The standard InChI is InChI=1S/C13H21NO3/c1-10(13-3-2-6-17-13)14-7-12(15)9-16-8-11-4-5-11/h2-3,6,10-12,14-15H,4-5,7-9H2,1H3/t10-,12?/m1/s1. The topological polar surface area (TPSA) is 54.6 Å². The van der Waals surface area contributed by atoms with Crippen molar-refractivity contribution in [3.05, 3.63) is 24.2 Å². The molecule has 2 N–H and O–H groups in total. The average Bonchev–Trinajstić information content (AvgIpc) is 2.97. The Morgan fingerprint density at radius 2 is 2.41 bits per heavy atom. The Bertz CT molecular complexity index is 308. The van der Waals surface area contributed by atoms with Gasteiger partial charge < -0.3 is 19.6 Å².